The Hall–Kier alpha value is -2.38. The van der Waals surface area contributed by atoms with Gasteiger partial charge in [-0.15, -0.1) is 0 Å². The SMILES string of the molecule is CNC(C)c1ccc(N(C)c2cccc(C#N)c2)nc1. The second kappa shape index (κ2) is 6.18. The van der Waals surface area contributed by atoms with Crippen LogP contribution in [0.15, 0.2) is 42.6 Å². The molecule has 0 aliphatic heterocycles. The van der Waals surface area contributed by atoms with Gasteiger partial charge in [-0.25, -0.2) is 4.98 Å². The van der Waals surface area contributed by atoms with Crippen LogP contribution in [0.2, 0.25) is 0 Å². The topological polar surface area (TPSA) is 52.0 Å². The first kappa shape index (κ1) is 14.0. The standard InChI is InChI=1S/C16H18N4/c1-12(18-2)14-7-8-16(19-11-14)20(3)15-6-4-5-13(9-15)10-17/h4-9,11-12,18H,1-3H3. The molecule has 4 nitrogen and oxygen atoms in total. The maximum absolute atomic E-state index is 8.95. The van der Waals surface area contributed by atoms with Crippen molar-refractivity contribution in [3.05, 3.63) is 53.7 Å². The van der Waals surface area contributed by atoms with Gasteiger partial charge >= 0.3 is 0 Å². The van der Waals surface area contributed by atoms with Gasteiger partial charge in [0.25, 0.3) is 0 Å². The van der Waals surface area contributed by atoms with Gasteiger partial charge in [-0.2, -0.15) is 5.26 Å². The van der Waals surface area contributed by atoms with Crippen molar-refractivity contribution in [3.8, 4) is 6.07 Å². The molecule has 2 rings (SSSR count). The Bertz CT molecular complexity index is 613. The van der Waals surface area contributed by atoms with E-state index in [1.54, 1.807) is 6.07 Å². The van der Waals surface area contributed by atoms with E-state index in [0.717, 1.165) is 17.1 Å². The summed E-state index contributed by atoms with van der Waals surface area (Å²) in [4.78, 5) is 6.45. The summed E-state index contributed by atoms with van der Waals surface area (Å²) in [5.41, 5.74) is 2.75. The third-order valence-electron chi connectivity index (χ3n) is 3.41. The van der Waals surface area contributed by atoms with Crippen molar-refractivity contribution < 1.29 is 0 Å². The maximum atomic E-state index is 8.95. The third-order valence-corrected chi connectivity index (χ3v) is 3.41. The molecule has 1 aromatic carbocycles. The summed E-state index contributed by atoms with van der Waals surface area (Å²) in [5, 5.41) is 12.1. The largest absolute Gasteiger partial charge is 0.329 e. The molecule has 0 aliphatic rings. The zero-order valence-electron chi connectivity index (χ0n) is 12.0. The normalized spacial score (nSPS) is 11.7. The molecule has 0 saturated heterocycles. The van der Waals surface area contributed by atoms with E-state index in [1.165, 1.54) is 0 Å². The summed E-state index contributed by atoms with van der Waals surface area (Å²) >= 11 is 0. The number of rotatable bonds is 4. The monoisotopic (exact) mass is 266 g/mol. The van der Waals surface area contributed by atoms with Crippen molar-refractivity contribution in [3.63, 3.8) is 0 Å². The molecule has 0 bridgehead atoms. The van der Waals surface area contributed by atoms with Crippen LogP contribution in [-0.2, 0) is 0 Å². The predicted molar refractivity (Wildman–Crippen MR) is 80.9 cm³/mol. The van der Waals surface area contributed by atoms with E-state index in [9.17, 15) is 0 Å². The Morgan fingerprint density at radius 1 is 1.30 bits per heavy atom. The number of pyridine rings is 1. The quantitative estimate of drug-likeness (QED) is 0.924. The van der Waals surface area contributed by atoms with Crippen molar-refractivity contribution in [2.24, 2.45) is 0 Å². The van der Waals surface area contributed by atoms with Gasteiger partial charge < -0.3 is 10.2 Å². The van der Waals surface area contributed by atoms with Gasteiger partial charge in [0, 0.05) is 25.0 Å². The Balaban J connectivity index is 2.24. The molecule has 1 aromatic heterocycles. The molecule has 0 fully saturated rings. The molecule has 102 valence electrons. The van der Waals surface area contributed by atoms with Crippen LogP contribution in [0.1, 0.15) is 24.1 Å². The van der Waals surface area contributed by atoms with Gasteiger partial charge in [0.2, 0.25) is 0 Å². The third kappa shape index (κ3) is 2.95. The number of benzene rings is 1. The number of nitrogens with one attached hydrogen (secondary N) is 1. The molecule has 1 unspecified atom stereocenters. The van der Waals surface area contributed by atoms with Crippen molar-refractivity contribution in [1.29, 1.82) is 5.26 Å². The predicted octanol–water partition coefficient (Wildman–Crippen LogP) is 3.00. The zero-order valence-corrected chi connectivity index (χ0v) is 12.0. The molecular weight excluding hydrogens is 248 g/mol. The van der Waals surface area contributed by atoms with Crippen LogP contribution < -0.4 is 10.2 Å². The van der Waals surface area contributed by atoms with Crippen molar-refractivity contribution >= 4 is 11.5 Å². The summed E-state index contributed by atoms with van der Waals surface area (Å²) in [6, 6.07) is 14.0. The number of hydrogen-bond donors (Lipinski definition) is 1. The molecule has 0 spiro atoms. The molecule has 0 saturated carbocycles. The van der Waals surface area contributed by atoms with E-state index in [1.807, 2.05) is 49.5 Å². The first-order chi connectivity index (χ1) is 9.65. The molecule has 1 heterocycles. The van der Waals surface area contributed by atoms with Gasteiger partial charge in [0.15, 0.2) is 0 Å². The fourth-order valence-electron chi connectivity index (χ4n) is 1.94. The summed E-state index contributed by atoms with van der Waals surface area (Å²) in [6.45, 7) is 2.09. The lowest BCUT2D eigenvalue weighted by Gasteiger charge is -2.19. The zero-order chi connectivity index (χ0) is 14.5. The lowest BCUT2D eigenvalue weighted by molar-refractivity contribution is 0.649. The maximum Gasteiger partial charge on any atom is 0.132 e. The van der Waals surface area contributed by atoms with Crippen LogP contribution in [0, 0.1) is 11.3 Å². The van der Waals surface area contributed by atoms with E-state index in [4.69, 9.17) is 5.26 Å². The van der Waals surface area contributed by atoms with Gasteiger partial charge in [0.1, 0.15) is 5.82 Å². The van der Waals surface area contributed by atoms with E-state index >= 15 is 0 Å². The van der Waals surface area contributed by atoms with E-state index < -0.39 is 0 Å². The van der Waals surface area contributed by atoms with Gasteiger partial charge in [-0.1, -0.05) is 12.1 Å². The lowest BCUT2D eigenvalue weighted by atomic mass is 10.1. The summed E-state index contributed by atoms with van der Waals surface area (Å²) < 4.78 is 0. The Morgan fingerprint density at radius 2 is 2.10 bits per heavy atom. The molecule has 0 radical (unpaired) electrons. The molecule has 2 aromatic rings. The van der Waals surface area contributed by atoms with Gasteiger partial charge in [-0.05, 0) is 43.8 Å². The van der Waals surface area contributed by atoms with Crippen molar-refractivity contribution in [1.82, 2.24) is 10.3 Å². The first-order valence-corrected chi connectivity index (χ1v) is 6.53. The number of aromatic nitrogens is 1. The molecule has 0 aliphatic carbocycles. The van der Waals surface area contributed by atoms with Crippen LogP contribution in [-0.4, -0.2) is 19.1 Å². The molecule has 0 amide bonds. The minimum absolute atomic E-state index is 0.281. The van der Waals surface area contributed by atoms with E-state index in [2.05, 4.69) is 29.4 Å². The number of nitrogens with zero attached hydrogens (tertiary/aromatic N) is 3. The summed E-state index contributed by atoms with van der Waals surface area (Å²) in [7, 11) is 3.87. The highest BCUT2D eigenvalue weighted by atomic mass is 15.2. The summed E-state index contributed by atoms with van der Waals surface area (Å²) in [5.74, 6) is 0.854. The van der Waals surface area contributed by atoms with E-state index in [0.29, 0.717) is 5.56 Å². The second-order valence-corrected chi connectivity index (χ2v) is 4.68. The highest BCUT2D eigenvalue weighted by Gasteiger charge is 2.08. The number of nitriles is 1. The van der Waals surface area contributed by atoms with E-state index in [-0.39, 0.29) is 6.04 Å². The van der Waals surface area contributed by atoms with Gasteiger partial charge in [-0.3, -0.25) is 0 Å². The highest BCUT2D eigenvalue weighted by Crippen LogP contribution is 2.23. The molecule has 4 heteroatoms. The smallest absolute Gasteiger partial charge is 0.132 e. The minimum atomic E-state index is 0.281. The molecule has 1 atom stereocenters. The minimum Gasteiger partial charge on any atom is -0.329 e. The van der Waals surface area contributed by atoms with Crippen LogP contribution in [0.5, 0.6) is 0 Å². The lowest BCUT2D eigenvalue weighted by Crippen LogP contribution is -2.14. The Labute approximate surface area is 119 Å². The van der Waals surface area contributed by atoms with Crippen LogP contribution in [0.25, 0.3) is 0 Å². The Kier molecular flexibility index (Phi) is 4.34. The number of hydrogen-bond acceptors (Lipinski definition) is 4. The number of anilines is 2. The highest BCUT2D eigenvalue weighted by molar-refractivity contribution is 5.61. The fourth-order valence-corrected chi connectivity index (χ4v) is 1.94. The Morgan fingerprint density at radius 3 is 2.70 bits per heavy atom. The van der Waals surface area contributed by atoms with Crippen molar-refractivity contribution in [2.45, 2.75) is 13.0 Å². The molecular formula is C16H18N4. The molecule has 20 heavy (non-hydrogen) atoms. The van der Waals surface area contributed by atoms with Crippen LogP contribution in [0.3, 0.4) is 0 Å². The first-order valence-electron chi connectivity index (χ1n) is 6.53. The second-order valence-electron chi connectivity index (χ2n) is 4.68. The fraction of sp³-hybridized carbons (Fsp3) is 0.250. The average molecular weight is 266 g/mol. The van der Waals surface area contributed by atoms with Crippen molar-refractivity contribution in [2.75, 3.05) is 19.0 Å². The molecule has 1 N–H and O–H groups in total. The summed E-state index contributed by atoms with van der Waals surface area (Å²) in [6.07, 6.45) is 1.88. The van der Waals surface area contributed by atoms with Gasteiger partial charge in [0.05, 0.1) is 11.6 Å². The van der Waals surface area contributed by atoms with Crippen LogP contribution >= 0.6 is 0 Å². The van der Waals surface area contributed by atoms with Crippen LogP contribution in [0.4, 0.5) is 11.5 Å². The average Bonchev–Trinajstić information content (AvgIpc) is 2.53.